The van der Waals surface area contributed by atoms with Crippen LogP contribution in [0.1, 0.15) is 47.5 Å². The zero-order valence-corrected chi connectivity index (χ0v) is 15.7. The molecule has 0 spiro atoms. The van der Waals surface area contributed by atoms with Gasteiger partial charge in [0.05, 0.1) is 12.6 Å². The van der Waals surface area contributed by atoms with E-state index in [0.717, 1.165) is 45.3 Å². The van der Waals surface area contributed by atoms with E-state index in [-0.39, 0.29) is 5.41 Å². The molecule has 0 radical (unpaired) electrons. The van der Waals surface area contributed by atoms with E-state index in [2.05, 4.69) is 50.2 Å². The fourth-order valence-electron chi connectivity index (χ4n) is 4.13. The number of guanidine groups is 1. The van der Waals surface area contributed by atoms with Crippen molar-refractivity contribution in [3.63, 3.8) is 0 Å². The summed E-state index contributed by atoms with van der Waals surface area (Å²) in [7, 11) is 0. The SMILES string of the molecule is CCCN(CC)CCN=C(NCC)NC1C2CCOC2C1(C)C. The van der Waals surface area contributed by atoms with Gasteiger partial charge in [-0.25, -0.2) is 0 Å². The largest absolute Gasteiger partial charge is 0.377 e. The van der Waals surface area contributed by atoms with Crippen LogP contribution < -0.4 is 10.6 Å². The Bertz CT molecular complexity index is 396. The van der Waals surface area contributed by atoms with E-state index in [1.165, 1.54) is 12.8 Å². The molecule has 5 heteroatoms. The molecule has 2 fully saturated rings. The Morgan fingerprint density at radius 1 is 1.26 bits per heavy atom. The van der Waals surface area contributed by atoms with Crippen molar-refractivity contribution in [2.45, 2.75) is 59.6 Å². The Hall–Kier alpha value is -0.810. The van der Waals surface area contributed by atoms with Gasteiger partial charge in [0.1, 0.15) is 0 Å². The van der Waals surface area contributed by atoms with Crippen molar-refractivity contribution in [2.24, 2.45) is 16.3 Å². The predicted molar refractivity (Wildman–Crippen MR) is 96.9 cm³/mol. The van der Waals surface area contributed by atoms with Crippen molar-refractivity contribution >= 4 is 5.96 Å². The number of aliphatic imine (C=N–C) groups is 1. The lowest BCUT2D eigenvalue weighted by Crippen LogP contribution is -2.68. The third-order valence-corrected chi connectivity index (χ3v) is 5.41. The molecule has 2 rings (SSSR count). The van der Waals surface area contributed by atoms with E-state index in [1.807, 2.05) is 0 Å². The second-order valence-corrected chi connectivity index (χ2v) is 7.38. The molecule has 1 aliphatic heterocycles. The minimum Gasteiger partial charge on any atom is -0.377 e. The molecule has 1 heterocycles. The summed E-state index contributed by atoms with van der Waals surface area (Å²) < 4.78 is 5.89. The average molecular weight is 325 g/mol. The normalized spacial score (nSPS) is 29.3. The average Bonchev–Trinajstić information content (AvgIpc) is 2.98. The van der Waals surface area contributed by atoms with Gasteiger partial charge in [0.15, 0.2) is 5.96 Å². The summed E-state index contributed by atoms with van der Waals surface area (Å²) in [5.74, 6) is 1.60. The van der Waals surface area contributed by atoms with Crippen LogP contribution in [0, 0.1) is 11.3 Å². The molecule has 2 N–H and O–H groups in total. The lowest BCUT2D eigenvalue weighted by atomic mass is 9.57. The van der Waals surface area contributed by atoms with E-state index < -0.39 is 0 Å². The molecule has 134 valence electrons. The summed E-state index contributed by atoms with van der Waals surface area (Å²) in [4.78, 5) is 7.26. The Kier molecular flexibility index (Phi) is 6.72. The lowest BCUT2D eigenvalue weighted by molar-refractivity contribution is -0.106. The van der Waals surface area contributed by atoms with Crippen molar-refractivity contribution in [1.82, 2.24) is 15.5 Å². The lowest BCUT2D eigenvalue weighted by Gasteiger charge is -2.54. The van der Waals surface area contributed by atoms with E-state index in [0.29, 0.717) is 18.1 Å². The number of nitrogens with one attached hydrogen (secondary N) is 2. The standard InChI is InChI=1S/C18H36N4O/c1-6-11-22(8-3)12-10-20-17(19-7-2)21-15-14-9-13-23-16(14)18(15,4)5/h14-16H,6-13H2,1-5H3,(H2,19,20,21). The fourth-order valence-corrected chi connectivity index (χ4v) is 4.13. The second kappa shape index (κ2) is 8.34. The van der Waals surface area contributed by atoms with Crippen LogP contribution in [0.4, 0.5) is 0 Å². The number of hydrogen-bond acceptors (Lipinski definition) is 3. The van der Waals surface area contributed by atoms with Gasteiger partial charge in [0, 0.05) is 37.1 Å². The van der Waals surface area contributed by atoms with Gasteiger partial charge < -0.3 is 20.3 Å². The van der Waals surface area contributed by atoms with E-state index in [4.69, 9.17) is 9.73 Å². The van der Waals surface area contributed by atoms with Crippen LogP contribution >= 0.6 is 0 Å². The van der Waals surface area contributed by atoms with E-state index in [9.17, 15) is 0 Å². The Morgan fingerprint density at radius 3 is 2.70 bits per heavy atom. The second-order valence-electron chi connectivity index (χ2n) is 7.38. The van der Waals surface area contributed by atoms with Crippen LogP contribution in [0.5, 0.6) is 0 Å². The maximum atomic E-state index is 5.89. The molecule has 1 saturated heterocycles. The first-order chi connectivity index (χ1) is 11.0. The predicted octanol–water partition coefficient (Wildman–Crippen LogP) is 2.09. The molecule has 3 atom stereocenters. The third kappa shape index (κ3) is 4.18. The highest BCUT2D eigenvalue weighted by molar-refractivity contribution is 5.80. The molecular formula is C18H36N4O. The quantitative estimate of drug-likeness (QED) is 0.530. The molecule has 5 nitrogen and oxygen atoms in total. The zero-order chi connectivity index (χ0) is 16.9. The zero-order valence-electron chi connectivity index (χ0n) is 15.7. The van der Waals surface area contributed by atoms with Crippen LogP contribution in [-0.4, -0.2) is 62.3 Å². The first-order valence-corrected chi connectivity index (χ1v) is 9.43. The summed E-state index contributed by atoms with van der Waals surface area (Å²) in [6.07, 6.45) is 2.79. The van der Waals surface area contributed by atoms with Gasteiger partial charge in [-0.2, -0.15) is 0 Å². The van der Waals surface area contributed by atoms with Crippen molar-refractivity contribution < 1.29 is 4.74 Å². The Balaban J connectivity index is 1.89. The number of fused-ring (bicyclic) bond motifs is 1. The van der Waals surface area contributed by atoms with E-state index >= 15 is 0 Å². The minimum absolute atomic E-state index is 0.190. The van der Waals surface area contributed by atoms with Crippen molar-refractivity contribution in [3.8, 4) is 0 Å². The number of ether oxygens (including phenoxy) is 1. The maximum absolute atomic E-state index is 5.89. The fraction of sp³-hybridized carbons (Fsp3) is 0.944. The highest BCUT2D eigenvalue weighted by Crippen LogP contribution is 2.52. The summed E-state index contributed by atoms with van der Waals surface area (Å²) in [6, 6.07) is 0.464. The van der Waals surface area contributed by atoms with Crippen molar-refractivity contribution in [2.75, 3.05) is 39.3 Å². The topological polar surface area (TPSA) is 48.9 Å². The highest BCUT2D eigenvalue weighted by Gasteiger charge is 2.59. The molecule has 3 unspecified atom stereocenters. The van der Waals surface area contributed by atoms with E-state index in [1.54, 1.807) is 0 Å². The Labute approximate surface area is 142 Å². The molecule has 23 heavy (non-hydrogen) atoms. The monoisotopic (exact) mass is 324 g/mol. The summed E-state index contributed by atoms with van der Waals surface area (Å²) >= 11 is 0. The molecule has 0 aromatic rings. The first-order valence-electron chi connectivity index (χ1n) is 9.43. The number of nitrogens with zero attached hydrogens (tertiary/aromatic N) is 2. The van der Waals surface area contributed by atoms with Crippen LogP contribution in [-0.2, 0) is 4.74 Å². The van der Waals surface area contributed by atoms with Crippen molar-refractivity contribution in [3.05, 3.63) is 0 Å². The highest BCUT2D eigenvalue weighted by atomic mass is 16.5. The van der Waals surface area contributed by atoms with Gasteiger partial charge >= 0.3 is 0 Å². The van der Waals surface area contributed by atoms with Crippen LogP contribution in [0.15, 0.2) is 4.99 Å². The van der Waals surface area contributed by atoms with Crippen LogP contribution in [0.3, 0.4) is 0 Å². The molecule has 0 amide bonds. The molecule has 0 bridgehead atoms. The smallest absolute Gasteiger partial charge is 0.191 e. The van der Waals surface area contributed by atoms with Gasteiger partial charge in [0.25, 0.3) is 0 Å². The molecule has 0 aromatic heterocycles. The first kappa shape index (κ1) is 18.5. The number of likely N-dealkylation sites (N-methyl/N-ethyl adjacent to an activating group) is 1. The van der Waals surface area contributed by atoms with Crippen molar-refractivity contribution in [1.29, 1.82) is 0 Å². The minimum atomic E-state index is 0.190. The number of rotatable bonds is 8. The van der Waals surface area contributed by atoms with Crippen LogP contribution in [0.2, 0.25) is 0 Å². The van der Waals surface area contributed by atoms with Gasteiger partial charge in [0.2, 0.25) is 0 Å². The summed E-state index contributed by atoms with van der Waals surface area (Å²) in [6.45, 7) is 17.1. The van der Waals surface area contributed by atoms with Gasteiger partial charge in [-0.1, -0.05) is 27.7 Å². The summed E-state index contributed by atoms with van der Waals surface area (Å²) in [5.41, 5.74) is 0.190. The van der Waals surface area contributed by atoms with Gasteiger partial charge in [-0.15, -0.1) is 0 Å². The molecular weight excluding hydrogens is 288 g/mol. The molecule has 2 aliphatic rings. The molecule has 1 aliphatic carbocycles. The molecule has 1 saturated carbocycles. The van der Waals surface area contributed by atoms with Gasteiger partial charge in [-0.3, -0.25) is 4.99 Å². The van der Waals surface area contributed by atoms with Gasteiger partial charge in [-0.05, 0) is 32.9 Å². The molecule has 0 aromatic carbocycles. The van der Waals surface area contributed by atoms with Crippen LogP contribution in [0.25, 0.3) is 0 Å². The maximum Gasteiger partial charge on any atom is 0.191 e. The summed E-state index contributed by atoms with van der Waals surface area (Å²) in [5, 5.41) is 7.08. The third-order valence-electron chi connectivity index (χ3n) is 5.41. The Morgan fingerprint density at radius 2 is 2.04 bits per heavy atom. The number of hydrogen-bond donors (Lipinski definition) is 2.